The van der Waals surface area contributed by atoms with Crippen LogP contribution in [-0.2, 0) is 4.74 Å². The molecule has 2 nitrogen and oxygen atoms in total. The first-order chi connectivity index (χ1) is 6.84. The molecule has 0 aliphatic rings. The minimum atomic E-state index is 0.400. The summed E-state index contributed by atoms with van der Waals surface area (Å²) in [5.74, 6) is 0. The molecule has 0 fully saturated rings. The van der Waals surface area contributed by atoms with E-state index in [4.69, 9.17) is 4.74 Å². The zero-order valence-corrected chi connectivity index (χ0v) is 8.99. The van der Waals surface area contributed by atoms with Crippen LogP contribution in [0.3, 0.4) is 0 Å². The van der Waals surface area contributed by atoms with Crippen LogP contribution in [-0.4, -0.2) is 19.8 Å². The average Bonchev–Trinajstić information content (AvgIpc) is 2.25. The summed E-state index contributed by atoms with van der Waals surface area (Å²) in [5, 5.41) is 3.41. The van der Waals surface area contributed by atoms with E-state index in [1.165, 1.54) is 5.56 Å². The summed E-state index contributed by atoms with van der Waals surface area (Å²) in [7, 11) is 0. The second-order valence-electron chi connectivity index (χ2n) is 3.28. The van der Waals surface area contributed by atoms with Crippen molar-refractivity contribution in [3.8, 4) is 0 Å². The Labute approximate surface area is 86.3 Å². The van der Waals surface area contributed by atoms with Crippen LogP contribution in [0.5, 0.6) is 0 Å². The van der Waals surface area contributed by atoms with Gasteiger partial charge in [-0.3, -0.25) is 0 Å². The lowest BCUT2D eigenvalue weighted by atomic mass is 10.1. The molecule has 0 bridgehead atoms. The molecule has 78 valence electrons. The van der Waals surface area contributed by atoms with Gasteiger partial charge in [-0.15, -0.1) is 0 Å². The Balaban J connectivity index is 2.25. The van der Waals surface area contributed by atoms with E-state index in [1.54, 1.807) is 0 Å². The first-order valence-corrected chi connectivity index (χ1v) is 5.20. The second kappa shape index (κ2) is 6.57. The topological polar surface area (TPSA) is 21.3 Å². The van der Waals surface area contributed by atoms with Crippen LogP contribution < -0.4 is 5.32 Å². The van der Waals surface area contributed by atoms with Gasteiger partial charge >= 0.3 is 0 Å². The monoisotopic (exact) mass is 193 g/mol. The first kappa shape index (κ1) is 11.2. The summed E-state index contributed by atoms with van der Waals surface area (Å²) >= 11 is 0. The van der Waals surface area contributed by atoms with Gasteiger partial charge in [-0.1, -0.05) is 30.3 Å². The Morgan fingerprint density at radius 1 is 1.29 bits per heavy atom. The van der Waals surface area contributed by atoms with E-state index in [-0.39, 0.29) is 0 Å². The van der Waals surface area contributed by atoms with Gasteiger partial charge in [-0.25, -0.2) is 0 Å². The molecule has 2 heteroatoms. The van der Waals surface area contributed by atoms with Crippen LogP contribution >= 0.6 is 0 Å². The fourth-order valence-corrected chi connectivity index (χ4v) is 1.35. The molecule has 0 aliphatic carbocycles. The highest BCUT2D eigenvalue weighted by Gasteiger charge is 2.01. The smallest absolute Gasteiger partial charge is 0.0590 e. The van der Waals surface area contributed by atoms with E-state index >= 15 is 0 Å². The minimum absolute atomic E-state index is 0.400. The molecule has 14 heavy (non-hydrogen) atoms. The van der Waals surface area contributed by atoms with E-state index in [1.807, 2.05) is 13.0 Å². The summed E-state index contributed by atoms with van der Waals surface area (Å²) in [4.78, 5) is 0. The Morgan fingerprint density at radius 2 is 2.00 bits per heavy atom. The molecule has 0 unspecified atom stereocenters. The van der Waals surface area contributed by atoms with Gasteiger partial charge in [0.25, 0.3) is 0 Å². The summed E-state index contributed by atoms with van der Waals surface area (Å²) < 4.78 is 5.26. The largest absolute Gasteiger partial charge is 0.380 e. The van der Waals surface area contributed by atoms with E-state index in [0.29, 0.717) is 6.04 Å². The van der Waals surface area contributed by atoms with E-state index in [9.17, 15) is 0 Å². The number of hydrogen-bond donors (Lipinski definition) is 1. The Morgan fingerprint density at radius 3 is 2.64 bits per heavy atom. The summed E-state index contributed by atoms with van der Waals surface area (Å²) in [6, 6.07) is 10.8. The number of ether oxygens (including phenoxy) is 1. The Kier molecular flexibility index (Phi) is 5.27. The highest BCUT2D eigenvalue weighted by Crippen LogP contribution is 2.10. The number of nitrogens with one attached hydrogen (secondary N) is 1. The fourth-order valence-electron chi connectivity index (χ4n) is 1.35. The van der Waals surface area contributed by atoms with Crippen molar-refractivity contribution in [2.75, 3.05) is 19.8 Å². The van der Waals surface area contributed by atoms with E-state index < -0.39 is 0 Å². The normalized spacial score (nSPS) is 12.7. The molecular weight excluding hydrogens is 174 g/mol. The maximum absolute atomic E-state index is 5.26. The van der Waals surface area contributed by atoms with Gasteiger partial charge in [0.2, 0.25) is 0 Å². The van der Waals surface area contributed by atoms with Crippen molar-refractivity contribution in [2.45, 2.75) is 19.9 Å². The van der Waals surface area contributed by atoms with Gasteiger partial charge < -0.3 is 10.1 Å². The van der Waals surface area contributed by atoms with Gasteiger partial charge in [-0.2, -0.15) is 0 Å². The Bertz CT molecular complexity index is 235. The van der Waals surface area contributed by atoms with Crippen molar-refractivity contribution in [2.24, 2.45) is 0 Å². The Hall–Kier alpha value is -0.860. The van der Waals surface area contributed by atoms with Gasteiger partial charge in [0.05, 0.1) is 6.61 Å². The van der Waals surface area contributed by atoms with Crippen LogP contribution in [0.4, 0.5) is 0 Å². The van der Waals surface area contributed by atoms with Gasteiger partial charge in [0.1, 0.15) is 0 Å². The number of rotatable bonds is 6. The molecule has 0 aromatic heterocycles. The second-order valence-corrected chi connectivity index (χ2v) is 3.28. The predicted octanol–water partition coefficient (Wildman–Crippen LogP) is 2.37. The standard InChI is InChI=1S/C12H19NO/c1-3-14-10-9-13-11(2)12-7-5-4-6-8-12/h4-8,11,13H,3,9-10H2,1-2H3/t11-/m1/s1. The average molecular weight is 193 g/mol. The number of hydrogen-bond acceptors (Lipinski definition) is 2. The molecule has 0 amide bonds. The van der Waals surface area contributed by atoms with Crippen LogP contribution in [0.25, 0.3) is 0 Å². The molecule has 1 atom stereocenters. The lowest BCUT2D eigenvalue weighted by molar-refractivity contribution is 0.147. The molecular formula is C12H19NO. The van der Waals surface area contributed by atoms with Crippen molar-refractivity contribution in [3.05, 3.63) is 35.9 Å². The van der Waals surface area contributed by atoms with Crippen molar-refractivity contribution in [1.82, 2.24) is 5.32 Å². The molecule has 0 saturated heterocycles. The van der Waals surface area contributed by atoms with Crippen LogP contribution in [0, 0.1) is 0 Å². The van der Waals surface area contributed by atoms with Crippen molar-refractivity contribution < 1.29 is 4.74 Å². The molecule has 0 radical (unpaired) electrons. The predicted molar refractivity (Wildman–Crippen MR) is 59.4 cm³/mol. The molecule has 1 aromatic rings. The zero-order chi connectivity index (χ0) is 10.2. The minimum Gasteiger partial charge on any atom is -0.380 e. The fraction of sp³-hybridized carbons (Fsp3) is 0.500. The molecule has 0 saturated carbocycles. The molecule has 1 N–H and O–H groups in total. The van der Waals surface area contributed by atoms with Gasteiger partial charge in [-0.05, 0) is 19.4 Å². The van der Waals surface area contributed by atoms with Gasteiger partial charge in [0.15, 0.2) is 0 Å². The quantitative estimate of drug-likeness (QED) is 0.700. The van der Waals surface area contributed by atoms with Crippen LogP contribution in [0.15, 0.2) is 30.3 Å². The van der Waals surface area contributed by atoms with Crippen molar-refractivity contribution in [3.63, 3.8) is 0 Å². The summed E-state index contributed by atoms with van der Waals surface area (Å²) in [6.45, 7) is 6.67. The van der Waals surface area contributed by atoms with Crippen LogP contribution in [0.2, 0.25) is 0 Å². The highest BCUT2D eigenvalue weighted by molar-refractivity contribution is 5.17. The van der Waals surface area contributed by atoms with Crippen molar-refractivity contribution >= 4 is 0 Å². The lowest BCUT2D eigenvalue weighted by Gasteiger charge is -2.13. The van der Waals surface area contributed by atoms with Crippen LogP contribution in [0.1, 0.15) is 25.5 Å². The maximum Gasteiger partial charge on any atom is 0.0590 e. The summed E-state index contributed by atoms with van der Waals surface area (Å²) in [6.07, 6.45) is 0. The zero-order valence-electron chi connectivity index (χ0n) is 8.99. The maximum atomic E-state index is 5.26. The molecule has 1 aromatic carbocycles. The molecule has 1 rings (SSSR count). The third-order valence-electron chi connectivity index (χ3n) is 2.20. The SMILES string of the molecule is CCOCCN[C@H](C)c1ccccc1. The molecule has 0 heterocycles. The van der Waals surface area contributed by atoms with Crippen molar-refractivity contribution in [1.29, 1.82) is 0 Å². The third-order valence-corrected chi connectivity index (χ3v) is 2.20. The first-order valence-electron chi connectivity index (χ1n) is 5.20. The summed E-state index contributed by atoms with van der Waals surface area (Å²) in [5.41, 5.74) is 1.32. The van der Waals surface area contributed by atoms with E-state index in [2.05, 4.69) is 36.5 Å². The van der Waals surface area contributed by atoms with Gasteiger partial charge in [0, 0.05) is 19.2 Å². The lowest BCUT2D eigenvalue weighted by Crippen LogP contribution is -2.23. The highest BCUT2D eigenvalue weighted by atomic mass is 16.5. The molecule has 0 aliphatic heterocycles. The third kappa shape index (κ3) is 3.90. The number of benzene rings is 1. The molecule has 0 spiro atoms. The van der Waals surface area contributed by atoms with E-state index in [0.717, 1.165) is 19.8 Å².